The second-order valence-electron chi connectivity index (χ2n) is 4.30. The number of nitrogens with zero attached hydrogens (tertiary/aromatic N) is 2. The summed E-state index contributed by atoms with van der Waals surface area (Å²) in [5, 5.41) is 14.3. The quantitative estimate of drug-likeness (QED) is 0.803. The van der Waals surface area contributed by atoms with E-state index in [2.05, 4.69) is 5.10 Å². The van der Waals surface area contributed by atoms with Gasteiger partial charge in [-0.25, -0.2) is 13.9 Å². The smallest absolute Gasteiger partial charge is 0.345 e. The van der Waals surface area contributed by atoms with Crippen LogP contribution in [0, 0.1) is 5.82 Å². The van der Waals surface area contributed by atoms with Crippen LogP contribution in [0.1, 0.15) is 22.3 Å². The highest BCUT2D eigenvalue weighted by atomic mass is 32.1. The molecule has 6 heteroatoms. The normalized spacial score (nSPS) is 11.1. The average molecular weight is 290 g/mol. The van der Waals surface area contributed by atoms with E-state index in [1.807, 2.05) is 6.92 Å². The lowest BCUT2D eigenvalue weighted by Gasteiger charge is -2.03. The highest BCUT2D eigenvalue weighted by Crippen LogP contribution is 2.31. The number of aromatic carboxylic acids is 1. The van der Waals surface area contributed by atoms with Gasteiger partial charge in [0.15, 0.2) is 0 Å². The van der Waals surface area contributed by atoms with Crippen molar-refractivity contribution >= 4 is 27.5 Å². The summed E-state index contributed by atoms with van der Waals surface area (Å²) >= 11 is 1.11. The van der Waals surface area contributed by atoms with Crippen LogP contribution in [0.5, 0.6) is 0 Å². The zero-order valence-electron chi connectivity index (χ0n) is 10.6. The first-order chi connectivity index (χ1) is 9.61. The molecule has 0 bridgehead atoms. The molecule has 0 aliphatic carbocycles. The summed E-state index contributed by atoms with van der Waals surface area (Å²) in [6.45, 7) is 1.94. The van der Waals surface area contributed by atoms with Gasteiger partial charge in [-0.05, 0) is 24.6 Å². The molecule has 2 aromatic heterocycles. The number of carboxylic acids is 1. The Hall–Kier alpha value is -2.21. The van der Waals surface area contributed by atoms with Crippen LogP contribution in [-0.2, 0) is 6.42 Å². The Morgan fingerprint density at radius 2 is 2.20 bits per heavy atom. The maximum atomic E-state index is 13.9. The topological polar surface area (TPSA) is 55.1 Å². The van der Waals surface area contributed by atoms with Gasteiger partial charge in [-0.2, -0.15) is 5.10 Å². The van der Waals surface area contributed by atoms with E-state index < -0.39 is 5.97 Å². The number of rotatable bonds is 3. The fraction of sp³-hybridized carbons (Fsp3) is 0.143. The summed E-state index contributed by atoms with van der Waals surface area (Å²) in [4.78, 5) is 12.0. The van der Waals surface area contributed by atoms with Crippen molar-refractivity contribution in [2.75, 3.05) is 0 Å². The SMILES string of the molecule is CCc1nn(-c2ccccc2F)c2sc(C(=O)O)cc12. The molecule has 0 amide bonds. The number of carbonyl (C=O) groups is 1. The number of aromatic nitrogens is 2. The third kappa shape index (κ3) is 1.89. The maximum Gasteiger partial charge on any atom is 0.345 e. The molecule has 4 nitrogen and oxygen atoms in total. The van der Waals surface area contributed by atoms with Crippen LogP contribution < -0.4 is 0 Å². The molecule has 0 radical (unpaired) electrons. The van der Waals surface area contributed by atoms with E-state index in [4.69, 9.17) is 5.11 Å². The minimum atomic E-state index is -0.978. The minimum absolute atomic E-state index is 0.234. The number of fused-ring (bicyclic) bond motifs is 1. The highest BCUT2D eigenvalue weighted by Gasteiger charge is 2.18. The predicted octanol–water partition coefficient (Wildman–Crippen LogP) is 3.49. The first-order valence-corrected chi connectivity index (χ1v) is 6.93. The van der Waals surface area contributed by atoms with E-state index in [9.17, 15) is 9.18 Å². The number of carboxylic acid groups (broad SMARTS) is 1. The second kappa shape index (κ2) is 4.72. The van der Waals surface area contributed by atoms with Crippen LogP contribution in [0.2, 0.25) is 0 Å². The van der Waals surface area contributed by atoms with Crippen molar-refractivity contribution in [3.05, 3.63) is 46.7 Å². The van der Waals surface area contributed by atoms with Crippen molar-refractivity contribution in [3.63, 3.8) is 0 Å². The van der Waals surface area contributed by atoms with Gasteiger partial charge in [0.2, 0.25) is 0 Å². The van der Waals surface area contributed by atoms with E-state index in [-0.39, 0.29) is 10.7 Å². The lowest BCUT2D eigenvalue weighted by Crippen LogP contribution is -1.99. The zero-order chi connectivity index (χ0) is 14.3. The second-order valence-corrected chi connectivity index (χ2v) is 5.33. The Morgan fingerprint density at radius 1 is 1.45 bits per heavy atom. The molecule has 0 atom stereocenters. The third-order valence-corrected chi connectivity index (χ3v) is 4.16. The van der Waals surface area contributed by atoms with Crippen molar-refractivity contribution in [2.24, 2.45) is 0 Å². The van der Waals surface area contributed by atoms with Gasteiger partial charge in [0, 0.05) is 5.39 Å². The average Bonchev–Trinajstić information content (AvgIpc) is 2.98. The first-order valence-electron chi connectivity index (χ1n) is 6.11. The lowest BCUT2D eigenvalue weighted by atomic mass is 10.2. The van der Waals surface area contributed by atoms with E-state index in [0.29, 0.717) is 16.9 Å². The highest BCUT2D eigenvalue weighted by molar-refractivity contribution is 7.20. The van der Waals surface area contributed by atoms with Gasteiger partial charge >= 0.3 is 5.97 Å². The molecule has 0 unspecified atom stereocenters. The van der Waals surface area contributed by atoms with Crippen LogP contribution in [0.15, 0.2) is 30.3 Å². The summed E-state index contributed by atoms with van der Waals surface area (Å²) in [7, 11) is 0. The van der Waals surface area contributed by atoms with Gasteiger partial charge in [0.25, 0.3) is 0 Å². The van der Waals surface area contributed by atoms with Crippen molar-refractivity contribution in [3.8, 4) is 5.69 Å². The van der Waals surface area contributed by atoms with E-state index in [1.165, 1.54) is 10.7 Å². The molecular weight excluding hydrogens is 279 g/mol. The number of hydrogen-bond donors (Lipinski definition) is 1. The van der Waals surface area contributed by atoms with E-state index in [1.54, 1.807) is 24.3 Å². The molecule has 0 spiro atoms. The molecule has 0 fully saturated rings. The van der Waals surface area contributed by atoms with Gasteiger partial charge < -0.3 is 5.11 Å². The Bertz CT molecular complexity index is 807. The van der Waals surface area contributed by atoms with Crippen molar-refractivity contribution < 1.29 is 14.3 Å². The van der Waals surface area contributed by atoms with Crippen molar-refractivity contribution in [1.82, 2.24) is 9.78 Å². The largest absolute Gasteiger partial charge is 0.477 e. The van der Waals surface area contributed by atoms with E-state index in [0.717, 1.165) is 22.4 Å². The summed E-state index contributed by atoms with van der Waals surface area (Å²) in [6.07, 6.45) is 0.660. The van der Waals surface area contributed by atoms with Crippen LogP contribution in [-0.4, -0.2) is 20.9 Å². The van der Waals surface area contributed by atoms with Gasteiger partial charge in [0.1, 0.15) is 21.2 Å². The summed E-state index contributed by atoms with van der Waals surface area (Å²) in [5.41, 5.74) is 1.10. The predicted molar refractivity (Wildman–Crippen MR) is 75.2 cm³/mol. The Kier molecular flexibility index (Phi) is 3.02. The number of benzene rings is 1. The van der Waals surface area contributed by atoms with Gasteiger partial charge in [-0.15, -0.1) is 11.3 Å². The molecule has 20 heavy (non-hydrogen) atoms. The Morgan fingerprint density at radius 3 is 2.85 bits per heavy atom. The number of hydrogen-bond acceptors (Lipinski definition) is 3. The molecular formula is C14H11FN2O2S. The summed E-state index contributed by atoms with van der Waals surface area (Å²) < 4.78 is 15.4. The Labute approximate surface area is 118 Å². The maximum absolute atomic E-state index is 13.9. The fourth-order valence-corrected chi connectivity index (χ4v) is 3.10. The number of aryl methyl sites for hydroxylation is 1. The summed E-state index contributed by atoms with van der Waals surface area (Å²) in [5.74, 6) is -1.36. The molecule has 3 aromatic rings. The van der Waals surface area contributed by atoms with E-state index >= 15 is 0 Å². The molecule has 102 valence electrons. The van der Waals surface area contributed by atoms with Crippen LogP contribution in [0.4, 0.5) is 4.39 Å². The molecule has 3 rings (SSSR count). The lowest BCUT2D eigenvalue weighted by molar-refractivity contribution is 0.0702. The molecule has 0 saturated carbocycles. The molecule has 2 heterocycles. The van der Waals surface area contributed by atoms with Crippen molar-refractivity contribution in [2.45, 2.75) is 13.3 Å². The van der Waals surface area contributed by atoms with Gasteiger partial charge in [-0.1, -0.05) is 19.1 Å². The monoisotopic (exact) mass is 290 g/mol. The van der Waals surface area contributed by atoms with Gasteiger partial charge in [-0.3, -0.25) is 0 Å². The van der Waals surface area contributed by atoms with Crippen LogP contribution >= 0.6 is 11.3 Å². The fourth-order valence-electron chi connectivity index (χ4n) is 2.12. The zero-order valence-corrected chi connectivity index (χ0v) is 11.4. The number of para-hydroxylation sites is 1. The van der Waals surface area contributed by atoms with Crippen molar-refractivity contribution in [1.29, 1.82) is 0 Å². The summed E-state index contributed by atoms with van der Waals surface area (Å²) in [6, 6.07) is 7.92. The molecule has 0 aliphatic heterocycles. The molecule has 1 N–H and O–H groups in total. The van der Waals surface area contributed by atoms with Gasteiger partial charge in [0.05, 0.1) is 5.69 Å². The third-order valence-electron chi connectivity index (χ3n) is 3.06. The number of halogens is 1. The van der Waals surface area contributed by atoms with Crippen LogP contribution in [0.3, 0.4) is 0 Å². The van der Waals surface area contributed by atoms with Crippen LogP contribution in [0.25, 0.3) is 15.9 Å². The molecule has 0 saturated heterocycles. The molecule has 1 aromatic carbocycles. The standard InChI is InChI=1S/C14H11FN2O2S/c1-2-10-8-7-12(14(18)19)20-13(8)17(16-10)11-6-4-3-5-9(11)15/h3-7H,2H2,1H3,(H,18,19). The Balaban J connectivity index is 2.30. The first kappa shape index (κ1) is 12.8. The minimum Gasteiger partial charge on any atom is -0.477 e. The number of thiophene rings is 1. The molecule has 0 aliphatic rings.